The van der Waals surface area contributed by atoms with Gasteiger partial charge in [-0.2, -0.15) is 0 Å². The summed E-state index contributed by atoms with van der Waals surface area (Å²) < 4.78 is 14.0. The van der Waals surface area contributed by atoms with Crippen molar-refractivity contribution in [1.29, 1.82) is 0 Å². The van der Waals surface area contributed by atoms with Crippen LogP contribution in [-0.4, -0.2) is 11.4 Å². The van der Waals surface area contributed by atoms with Crippen LogP contribution < -0.4 is 0 Å². The molecule has 0 amide bonds. The maximum atomic E-state index is 13.3. The molecule has 0 spiro atoms. The van der Waals surface area contributed by atoms with Crippen molar-refractivity contribution in [3.05, 3.63) is 34.5 Å². The summed E-state index contributed by atoms with van der Waals surface area (Å²) in [4.78, 5) is 11.3. The molecule has 1 heterocycles. The molecule has 1 aromatic heterocycles. The molecule has 0 bridgehead atoms. The third kappa shape index (κ3) is 1.23. The molecule has 14 heavy (non-hydrogen) atoms. The van der Waals surface area contributed by atoms with Gasteiger partial charge in [-0.05, 0) is 12.1 Å². The number of fused-ring (bicyclic) bond motifs is 1. The first-order valence-corrected chi connectivity index (χ1v) is 4.85. The number of carbonyl (C=O) groups is 1. The molecular weight excluding hydrogens is 203 g/mol. The third-order valence-corrected chi connectivity index (χ3v) is 3.20. The summed E-state index contributed by atoms with van der Waals surface area (Å²) in [7, 11) is 0. The van der Waals surface area contributed by atoms with Crippen molar-refractivity contribution < 1.29 is 14.3 Å². The lowest BCUT2D eigenvalue weighted by Crippen LogP contribution is -1.86. The van der Waals surface area contributed by atoms with Crippen molar-refractivity contribution in [2.45, 2.75) is 6.61 Å². The third-order valence-electron chi connectivity index (χ3n) is 2.04. The maximum Gasteiger partial charge on any atom is 0.151 e. The summed E-state index contributed by atoms with van der Waals surface area (Å²) in [5.74, 6) is -0.416. The van der Waals surface area contributed by atoms with E-state index < -0.39 is 5.82 Å². The fraction of sp³-hybridized carbons (Fsp3) is 0.100. The first-order valence-electron chi connectivity index (χ1n) is 4.04. The molecule has 0 radical (unpaired) electrons. The zero-order chi connectivity index (χ0) is 10.1. The quantitative estimate of drug-likeness (QED) is 0.772. The molecular formula is C10H7FO2S. The highest BCUT2D eigenvalue weighted by Gasteiger charge is 2.13. The van der Waals surface area contributed by atoms with Crippen LogP contribution in [0.3, 0.4) is 0 Å². The van der Waals surface area contributed by atoms with Crippen LogP contribution in [-0.2, 0) is 6.61 Å². The van der Waals surface area contributed by atoms with E-state index in [4.69, 9.17) is 5.11 Å². The summed E-state index contributed by atoms with van der Waals surface area (Å²) in [6.45, 7) is -0.229. The molecule has 2 nitrogen and oxygen atoms in total. The van der Waals surface area contributed by atoms with Gasteiger partial charge in [0, 0.05) is 20.5 Å². The van der Waals surface area contributed by atoms with E-state index in [1.807, 2.05) is 0 Å². The summed E-state index contributed by atoms with van der Waals surface area (Å²) in [6.07, 6.45) is 0.591. The van der Waals surface area contributed by atoms with Gasteiger partial charge in [-0.3, -0.25) is 4.79 Å². The molecule has 4 heteroatoms. The van der Waals surface area contributed by atoms with E-state index in [1.54, 1.807) is 12.1 Å². The van der Waals surface area contributed by atoms with E-state index in [0.717, 1.165) is 0 Å². The van der Waals surface area contributed by atoms with Crippen LogP contribution in [0.25, 0.3) is 10.1 Å². The van der Waals surface area contributed by atoms with Crippen molar-refractivity contribution in [1.82, 2.24) is 0 Å². The largest absolute Gasteiger partial charge is 0.391 e. The molecule has 1 N–H and O–H groups in total. The Morgan fingerprint density at radius 2 is 2.29 bits per heavy atom. The van der Waals surface area contributed by atoms with E-state index in [2.05, 4.69) is 0 Å². The Kier molecular flexibility index (Phi) is 2.31. The number of benzene rings is 1. The first kappa shape index (κ1) is 9.30. The average molecular weight is 210 g/mol. The minimum absolute atomic E-state index is 0.229. The molecule has 0 saturated heterocycles. The molecule has 2 rings (SSSR count). The summed E-state index contributed by atoms with van der Waals surface area (Å²) in [5.41, 5.74) is 0.269. The Morgan fingerprint density at radius 3 is 2.93 bits per heavy atom. The van der Waals surface area contributed by atoms with Gasteiger partial charge in [-0.25, -0.2) is 4.39 Å². The minimum atomic E-state index is -0.416. The first-order chi connectivity index (χ1) is 6.77. The molecule has 0 unspecified atom stereocenters. The van der Waals surface area contributed by atoms with Crippen LogP contribution >= 0.6 is 11.3 Å². The summed E-state index contributed by atoms with van der Waals surface area (Å²) in [6, 6.07) is 4.63. The van der Waals surface area contributed by atoms with Crippen LogP contribution in [0.1, 0.15) is 15.2 Å². The van der Waals surface area contributed by atoms with Crippen molar-refractivity contribution >= 4 is 27.7 Å². The molecule has 72 valence electrons. The Hall–Kier alpha value is -1.26. The number of aliphatic hydroxyl groups is 1. The molecule has 0 saturated carbocycles. The Morgan fingerprint density at radius 1 is 1.50 bits per heavy atom. The van der Waals surface area contributed by atoms with Gasteiger partial charge < -0.3 is 5.11 Å². The van der Waals surface area contributed by atoms with Crippen LogP contribution in [0.5, 0.6) is 0 Å². The summed E-state index contributed by atoms with van der Waals surface area (Å²) >= 11 is 1.24. The van der Waals surface area contributed by atoms with Gasteiger partial charge in [-0.1, -0.05) is 6.07 Å². The summed E-state index contributed by atoms with van der Waals surface area (Å²) in [5, 5.41) is 9.29. The van der Waals surface area contributed by atoms with Crippen LogP contribution in [0.4, 0.5) is 4.39 Å². The second-order valence-corrected chi connectivity index (χ2v) is 3.96. The Bertz CT molecular complexity index is 490. The van der Waals surface area contributed by atoms with Crippen LogP contribution in [0.2, 0.25) is 0 Å². The number of thiophene rings is 1. The number of aldehydes is 1. The fourth-order valence-electron chi connectivity index (χ4n) is 1.42. The van der Waals surface area contributed by atoms with Gasteiger partial charge in [-0.15, -0.1) is 11.3 Å². The van der Waals surface area contributed by atoms with Gasteiger partial charge in [0.05, 0.1) is 6.61 Å². The number of aliphatic hydroxyl groups excluding tert-OH is 1. The monoisotopic (exact) mass is 210 g/mol. The van der Waals surface area contributed by atoms with Gasteiger partial charge in [0.25, 0.3) is 0 Å². The zero-order valence-electron chi connectivity index (χ0n) is 7.16. The fourth-order valence-corrected chi connectivity index (χ4v) is 2.47. The van der Waals surface area contributed by atoms with E-state index in [-0.39, 0.29) is 12.2 Å². The standard InChI is InChI=1S/C10H7FO2S/c11-7-2-1-3-8-10(7)6(4-12)9(5-13)14-8/h1-4,13H,5H2. The number of hydrogen-bond donors (Lipinski definition) is 1. The highest BCUT2D eigenvalue weighted by Crippen LogP contribution is 2.31. The van der Waals surface area contributed by atoms with Crippen molar-refractivity contribution in [2.24, 2.45) is 0 Å². The number of hydrogen-bond acceptors (Lipinski definition) is 3. The highest BCUT2D eigenvalue weighted by molar-refractivity contribution is 7.19. The van der Waals surface area contributed by atoms with Crippen molar-refractivity contribution in [3.8, 4) is 0 Å². The number of halogens is 1. The smallest absolute Gasteiger partial charge is 0.151 e. The lowest BCUT2D eigenvalue weighted by Gasteiger charge is -1.93. The van der Waals surface area contributed by atoms with E-state index in [9.17, 15) is 9.18 Å². The molecule has 1 aromatic carbocycles. The van der Waals surface area contributed by atoms with Crippen LogP contribution in [0.15, 0.2) is 18.2 Å². The van der Waals surface area contributed by atoms with Gasteiger partial charge in [0.1, 0.15) is 5.82 Å². The molecule has 0 aliphatic rings. The minimum Gasteiger partial charge on any atom is -0.391 e. The number of rotatable bonds is 2. The molecule has 0 fully saturated rings. The zero-order valence-corrected chi connectivity index (χ0v) is 7.97. The second-order valence-electron chi connectivity index (χ2n) is 2.83. The Labute approximate surface area is 83.6 Å². The lowest BCUT2D eigenvalue weighted by atomic mass is 10.1. The SMILES string of the molecule is O=Cc1c(CO)sc2cccc(F)c12. The molecule has 0 atom stereocenters. The van der Waals surface area contributed by atoms with Gasteiger partial charge in [0.15, 0.2) is 6.29 Å². The van der Waals surface area contributed by atoms with Gasteiger partial charge in [0.2, 0.25) is 0 Å². The second kappa shape index (κ2) is 3.48. The normalized spacial score (nSPS) is 10.7. The predicted octanol–water partition coefficient (Wildman–Crippen LogP) is 2.35. The van der Waals surface area contributed by atoms with E-state index >= 15 is 0 Å². The van der Waals surface area contributed by atoms with E-state index in [0.29, 0.717) is 21.2 Å². The lowest BCUT2D eigenvalue weighted by molar-refractivity contribution is 0.112. The average Bonchev–Trinajstić information content (AvgIpc) is 2.56. The maximum absolute atomic E-state index is 13.3. The highest BCUT2D eigenvalue weighted by atomic mass is 32.1. The van der Waals surface area contributed by atoms with E-state index in [1.165, 1.54) is 17.4 Å². The topological polar surface area (TPSA) is 37.3 Å². The predicted molar refractivity (Wildman–Crippen MR) is 53.1 cm³/mol. The molecule has 0 aliphatic carbocycles. The molecule has 2 aromatic rings. The van der Waals surface area contributed by atoms with Crippen LogP contribution in [0, 0.1) is 5.82 Å². The number of carbonyl (C=O) groups excluding carboxylic acids is 1. The van der Waals surface area contributed by atoms with Crippen molar-refractivity contribution in [2.75, 3.05) is 0 Å². The van der Waals surface area contributed by atoms with Gasteiger partial charge >= 0.3 is 0 Å². The Balaban J connectivity index is 2.88. The van der Waals surface area contributed by atoms with Crippen molar-refractivity contribution in [3.63, 3.8) is 0 Å². The molecule has 0 aliphatic heterocycles.